The van der Waals surface area contributed by atoms with Gasteiger partial charge in [0.2, 0.25) is 0 Å². The summed E-state index contributed by atoms with van der Waals surface area (Å²) in [5.41, 5.74) is 1.63. The van der Waals surface area contributed by atoms with Crippen LogP contribution in [0.2, 0.25) is 0 Å². The second-order valence-corrected chi connectivity index (χ2v) is 4.86. The fourth-order valence-corrected chi connectivity index (χ4v) is 2.43. The van der Waals surface area contributed by atoms with Crippen LogP contribution in [0, 0.1) is 10.1 Å². The Hall–Kier alpha value is -2.28. The molecule has 0 saturated heterocycles. The molecule has 0 saturated carbocycles. The summed E-state index contributed by atoms with van der Waals surface area (Å²) in [6, 6.07) is 6.99. The zero-order valence-corrected chi connectivity index (χ0v) is 11.9. The van der Waals surface area contributed by atoms with Crippen LogP contribution in [0.15, 0.2) is 29.6 Å². The lowest BCUT2D eigenvalue weighted by atomic mass is 10.2. The fourth-order valence-electron chi connectivity index (χ4n) is 1.70. The predicted molar refractivity (Wildman–Crippen MR) is 77.8 cm³/mol. The molecule has 2 aromatic rings. The van der Waals surface area contributed by atoms with Gasteiger partial charge in [0.25, 0.3) is 0 Å². The Labute approximate surface area is 120 Å². The van der Waals surface area contributed by atoms with Crippen molar-refractivity contribution < 1.29 is 14.4 Å². The minimum Gasteiger partial charge on any atom is -0.497 e. The van der Waals surface area contributed by atoms with Crippen LogP contribution in [-0.2, 0) is 6.54 Å². The van der Waals surface area contributed by atoms with Crippen molar-refractivity contribution in [2.24, 2.45) is 0 Å². The molecule has 0 radical (unpaired) electrons. The minimum absolute atomic E-state index is 0.138. The Kier molecular flexibility index (Phi) is 4.41. The first-order valence-corrected chi connectivity index (χ1v) is 6.69. The zero-order chi connectivity index (χ0) is 14.5. The highest BCUT2D eigenvalue weighted by molar-refractivity contribution is 7.13. The van der Waals surface area contributed by atoms with Gasteiger partial charge < -0.3 is 14.8 Å². The first-order chi connectivity index (χ1) is 9.63. The lowest BCUT2D eigenvalue weighted by Gasteiger charge is -2.11. The molecule has 0 atom stereocenters. The van der Waals surface area contributed by atoms with Gasteiger partial charge in [-0.05, 0) is 17.7 Å². The van der Waals surface area contributed by atoms with Gasteiger partial charge in [-0.15, -0.1) is 0 Å². The molecule has 1 heterocycles. The maximum absolute atomic E-state index is 10.6. The fraction of sp³-hybridized carbons (Fsp3) is 0.231. The van der Waals surface area contributed by atoms with Gasteiger partial charge >= 0.3 is 5.00 Å². The molecule has 7 heteroatoms. The summed E-state index contributed by atoms with van der Waals surface area (Å²) in [6.07, 6.45) is 0. The van der Waals surface area contributed by atoms with Crippen LogP contribution >= 0.6 is 11.3 Å². The standard InChI is InChI=1S/C13H14N2O4S/c1-18-10-3-4-12(19-2)11(6-10)14-7-9-5-13(15(16)17)20-8-9/h3-6,8,14H,7H2,1-2H3. The first kappa shape index (κ1) is 14.1. The molecule has 0 spiro atoms. The zero-order valence-electron chi connectivity index (χ0n) is 11.1. The molecule has 0 aliphatic heterocycles. The Morgan fingerprint density at radius 2 is 2.10 bits per heavy atom. The maximum atomic E-state index is 10.6. The van der Waals surface area contributed by atoms with Gasteiger partial charge in [-0.3, -0.25) is 10.1 Å². The average molecular weight is 294 g/mol. The smallest absolute Gasteiger partial charge is 0.324 e. The third-order valence-corrected chi connectivity index (χ3v) is 3.64. The summed E-state index contributed by atoms with van der Waals surface area (Å²) < 4.78 is 10.4. The second-order valence-electron chi connectivity index (χ2n) is 3.97. The van der Waals surface area contributed by atoms with Crippen LogP contribution in [0.1, 0.15) is 5.56 Å². The van der Waals surface area contributed by atoms with E-state index in [9.17, 15) is 10.1 Å². The monoisotopic (exact) mass is 294 g/mol. The summed E-state index contributed by atoms with van der Waals surface area (Å²) in [6.45, 7) is 0.480. The average Bonchev–Trinajstić information content (AvgIpc) is 2.93. The summed E-state index contributed by atoms with van der Waals surface area (Å²) >= 11 is 1.12. The van der Waals surface area contributed by atoms with Crippen LogP contribution in [0.4, 0.5) is 10.7 Å². The number of hydrogen-bond acceptors (Lipinski definition) is 6. The quantitative estimate of drug-likeness (QED) is 0.653. The van der Waals surface area contributed by atoms with Crippen molar-refractivity contribution in [3.63, 3.8) is 0 Å². The van der Waals surface area contributed by atoms with Crippen LogP contribution in [-0.4, -0.2) is 19.1 Å². The molecular weight excluding hydrogens is 280 g/mol. The van der Waals surface area contributed by atoms with E-state index >= 15 is 0 Å². The largest absolute Gasteiger partial charge is 0.497 e. The predicted octanol–water partition coefficient (Wildman–Crippen LogP) is 3.29. The topological polar surface area (TPSA) is 73.6 Å². The highest BCUT2D eigenvalue weighted by Gasteiger charge is 2.10. The molecule has 0 aliphatic rings. The van der Waals surface area contributed by atoms with E-state index in [1.54, 1.807) is 37.8 Å². The molecule has 0 fully saturated rings. The van der Waals surface area contributed by atoms with Crippen molar-refractivity contribution in [2.45, 2.75) is 6.54 Å². The number of nitrogens with one attached hydrogen (secondary N) is 1. The number of ether oxygens (including phenoxy) is 2. The second kappa shape index (κ2) is 6.25. The van der Waals surface area contributed by atoms with E-state index in [1.165, 1.54) is 0 Å². The van der Waals surface area contributed by atoms with E-state index in [1.807, 2.05) is 6.07 Å². The van der Waals surface area contributed by atoms with Crippen molar-refractivity contribution >= 4 is 22.0 Å². The van der Waals surface area contributed by atoms with Crippen molar-refractivity contribution in [3.05, 3.63) is 45.3 Å². The van der Waals surface area contributed by atoms with Gasteiger partial charge in [-0.25, -0.2) is 0 Å². The summed E-state index contributed by atoms with van der Waals surface area (Å²) in [5.74, 6) is 1.40. The first-order valence-electron chi connectivity index (χ1n) is 5.81. The third kappa shape index (κ3) is 3.18. The maximum Gasteiger partial charge on any atom is 0.324 e. The molecule has 106 valence electrons. The molecule has 20 heavy (non-hydrogen) atoms. The summed E-state index contributed by atoms with van der Waals surface area (Å²) in [7, 11) is 3.18. The number of anilines is 1. The molecule has 0 aliphatic carbocycles. The van der Waals surface area contributed by atoms with Crippen molar-refractivity contribution in [2.75, 3.05) is 19.5 Å². The van der Waals surface area contributed by atoms with Gasteiger partial charge in [-0.2, -0.15) is 0 Å². The van der Waals surface area contributed by atoms with Crippen LogP contribution in [0.5, 0.6) is 11.5 Å². The molecule has 0 unspecified atom stereocenters. The lowest BCUT2D eigenvalue weighted by Crippen LogP contribution is -2.01. The van der Waals surface area contributed by atoms with E-state index in [0.29, 0.717) is 18.0 Å². The summed E-state index contributed by atoms with van der Waals surface area (Å²) in [5, 5.41) is 15.7. The molecule has 2 rings (SSSR count). The van der Waals surface area contributed by atoms with Crippen LogP contribution in [0.25, 0.3) is 0 Å². The van der Waals surface area contributed by atoms with Gasteiger partial charge in [0.1, 0.15) is 11.5 Å². The summed E-state index contributed by atoms with van der Waals surface area (Å²) in [4.78, 5) is 10.2. The number of rotatable bonds is 6. The van der Waals surface area contributed by atoms with E-state index in [2.05, 4.69) is 5.32 Å². The Morgan fingerprint density at radius 3 is 2.70 bits per heavy atom. The van der Waals surface area contributed by atoms with Gasteiger partial charge in [0, 0.05) is 24.1 Å². The normalized spacial score (nSPS) is 10.1. The molecule has 6 nitrogen and oxygen atoms in total. The van der Waals surface area contributed by atoms with Crippen LogP contribution in [0.3, 0.4) is 0 Å². The molecule has 1 aromatic heterocycles. The number of thiophene rings is 1. The van der Waals surface area contributed by atoms with E-state index < -0.39 is 0 Å². The number of benzene rings is 1. The van der Waals surface area contributed by atoms with E-state index in [4.69, 9.17) is 9.47 Å². The van der Waals surface area contributed by atoms with Crippen molar-refractivity contribution in [3.8, 4) is 11.5 Å². The highest BCUT2D eigenvalue weighted by atomic mass is 32.1. The number of hydrogen-bond donors (Lipinski definition) is 1. The van der Waals surface area contributed by atoms with Gasteiger partial charge in [-0.1, -0.05) is 11.3 Å². The van der Waals surface area contributed by atoms with E-state index in [0.717, 1.165) is 22.6 Å². The SMILES string of the molecule is COc1ccc(OC)c(NCc2csc([N+](=O)[O-])c2)c1. The van der Waals surface area contributed by atoms with Gasteiger partial charge in [0.05, 0.1) is 24.8 Å². The highest BCUT2D eigenvalue weighted by Crippen LogP contribution is 2.30. The number of nitro groups is 1. The molecular formula is C13H14N2O4S. The number of nitrogens with zero attached hydrogens (tertiary/aromatic N) is 1. The van der Waals surface area contributed by atoms with Crippen molar-refractivity contribution in [1.82, 2.24) is 0 Å². The van der Waals surface area contributed by atoms with Crippen LogP contribution < -0.4 is 14.8 Å². The number of methoxy groups -OCH3 is 2. The Balaban J connectivity index is 2.10. The van der Waals surface area contributed by atoms with Gasteiger partial charge in [0.15, 0.2) is 0 Å². The molecule has 1 aromatic carbocycles. The third-order valence-electron chi connectivity index (χ3n) is 2.71. The van der Waals surface area contributed by atoms with Crippen molar-refractivity contribution in [1.29, 1.82) is 0 Å². The minimum atomic E-state index is -0.389. The lowest BCUT2D eigenvalue weighted by molar-refractivity contribution is -0.380. The van der Waals surface area contributed by atoms with E-state index in [-0.39, 0.29) is 9.92 Å². The Morgan fingerprint density at radius 1 is 1.30 bits per heavy atom. The molecule has 0 bridgehead atoms. The Bertz CT molecular complexity index is 612. The molecule has 1 N–H and O–H groups in total. The molecule has 0 amide bonds.